The van der Waals surface area contributed by atoms with Gasteiger partial charge in [0.25, 0.3) is 0 Å². The van der Waals surface area contributed by atoms with Gasteiger partial charge in [-0.15, -0.1) is 0 Å². The molecule has 2 aliphatic rings. The van der Waals surface area contributed by atoms with Gasteiger partial charge in [-0.3, -0.25) is 0 Å². The summed E-state index contributed by atoms with van der Waals surface area (Å²) in [5.74, 6) is 2.13. The third-order valence-corrected chi connectivity index (χ3v) is 3.95. The summed E-state index contributed by atoms with van der Waals surface area (Å²) < 4.78 is 0. The SMILES string of the molecule is CCCNC1CCCCCC1C1CC1. The first kappa shape index (κ1) is 10.5. The molecule has 82 valence electrons. The zero-order valence-electron chi connectivity index (χ0n) is 9.60. The minimum Gasteiger partial charge on any atom is -0.314 e. The lowest BCUT2D eigenvalue weighted by atomic mass is 9.90. The van der Waals surface area contributed by atoms with E-state index >= 15 is 0 Å². The first-order chi connectivity index (χ1) is 6.92. The van der Waals surface area contributed by atoms with Crippen LogP contribution in [-0.2, 0) is 0 Å². The van der Waals surface area contributed by atoms with Crippen molar-refractivity contribution in [3.8, 4) is 0 Å². The van der Waals surface area contributed by atoms with Crippen molar-refractivity contribution in [2.45, 2.75) is 64.3 Å². The number of hydrogen-bond acceptors (Lipinski definition) is 1. The molecule has 0 aromatic carbocycles. The van der Waals surface area contributed by atoms with E-state index in [2.05, 4.69) is 12.2 Å². The van der Waals surface area contributed by atoms with E-state index in [9.17, 15) is 0 Å². The second-order valence-corrected chi connectivity index (χ2v) is 5.20. The molecule has 1 nitrogen and oxygen atoms in total. The van der Waals surface area contributed by atoms with E-state index in [-0.39, 0.29) is 0 Å². The van der Waals surface area contributed by atoms with Crippen LogP contribution in [0.3, 0.4) is 0 Å². The van der Waals surface area contributed by atoms with Crippen LogP contribution in [0.15, 0.2) is 0 Å². The molecule has 2 unspecified atom stereocenters. The third kappa shape index (κ3) is 2.73. The highest BCUT2D eigenvalue weighted by Gasteiger charge is 2.36. The van der Waals surface area contributed by atoms with Gasteiger partial charge in [-0.25, -0.2) is 0 Å². The normalized spacial score (nSPS) is 34.1. The first-order valence-electron chi connectivity index (χ1n) is 6.65. The Balaban J connectivity index is 1.86. The van der Waals surface area contributed by atoms with E-state index in [0.717, 1.165) is 17.9 Å². The summed E-state index contributed by atoms with van der Waals surface area (Å²) in [7, 11) is 0. The van der Waals surface area contributed by atoms with Crippen LogP contribution in [0.25, 0.3) is 0 Å². The van der Waals surface area contributed by atoms with Crippen molar-refractivity contribution in [3.05, 3.63) is 0 Å². The fraction of sp³-hybridized carbons (Fsp3) is 1.00. The van der Waals surface area contributed by atoms with Crippen molar-refractivity contribution in [1.29, 1.82) is 0 Å². The van der Waals surface area contributed by atoms with Gasteiger partial charge in [0, 0.05) is 6.04 Å². The van der Waals surface area contributed by atoms with E-state index in [0.29, 0.717) is 0 Å². The van der Waals surface area contributed by atoms with Gasteiger partial charge >= 0.3 is 0 Å². The van der Waals surface area contributed by atoms with Crippen molar-refractivity contribution >= 4 is 0 Å². The van der Waals surface area contributed by atoms with E-state index < -0.39 is 0 Å². The lowest BCUT2D eigenvalue weighted by molar-refractivity contribution is 0.301. The monoisotopic (exact) mass is 195 g/mol. The van der Waals surface area contributed by atoms with E-state index in [1.165, 1.54) is 57.9 Å². The Bertz CT molecular complexity index is 163. The Morgan fingerprint density at radius 3 is 2.50 bits per heavy atom. The summed E-state index contributed by atoms with van der Waals surface area (Å²) in [5, 5.41) is 3.78. The van der Waals surface area contributed by atoms with E-state index in [1.54, 1.807) is 0 Å². The van der Waals surface area contributed by atoms with Gasteiger partial charge in [0.1, 0.15) is 0 Å². The Kier molecular flexibility index (Phi) is 3.86. The molecule has 0 saturated heterocycles. The van der Waals surface area contributed by atoms with Crippen LogP contribution in [0.4, 0.5) is 0 Å². The highest BCUT2D eigenvalue weighted by molar-refractivity contribution is 4.90. The molecular weight excluding hydrogens is 170 g/mol. The Labute approximate surface area is 88.7 Å². The molecule has 0 spiro atoms. The largest absolute Gasteiger partial charge is 0.314 e. The van der Waals surface area contributed by atoms with E-state index in [4.69, 9.17) is 0 Å². The summed E-state index contributed by atoms with van der Waals surface area (Å²) in [5.41, 5.74) is 0. The topological polar surface area (TPSA) is 12.0 Å². The molecule has 1 heteroatoms. The molecule has 0 amide bonds. The summed E-state index contributed by atoms with van der Waals surface area (Å²) >= 11 is 0. The van der Waals surface area contributed by atoms with Gasteiger partial charge in [-0.05, 0) is 50.5 Å². The van der Waals surface area contributed by atoms with E-state index in [1.807, 2.05) is 0 Å². The fourth-order valence-corrected chi connectivity index (χ4v) is 3.01. The molecule has 1 N–H and O–H groups in total. The maximum absolute atomic E-state index is 3.78. The number of hydrogen-bond donors (Lipinski definition) is 1. The highest BCUT2D eigenvalue weighted by atomic mass is 14.9. The molecular formula is C13H25N. The van der Waals surface area contributed by atoms with Crippen molar-refractivity contribution in [2.75, 3.05) is 6.54 Å². The van der Waals surface area contributed by atoms with Gasteiger partial charge in [0.05, 0.1) is 0 Å². The number of rotatable bonds is 4. The van der Waals surface area contributed by atoms with Crippen LogP contribution in [0.1, 0.15) is 58.3 Å². The molecule has 0 heterocycles. The standard InChI is InChI=1S/C13H25N/c1-2-10-14-13-7-5-3-4-6-12(13)11-8-9-11/h11-14H,2-10H2,1H3. The predicted molar refractivity (Wildman–Crippen MR) is 61.4 cm³/mol. The first-order valence-corrected chi connectivity index (χ1v) is 6.65. The van der Waals surface area contributed by atoms with Crippen LogP contribution in [0.5, 0.6) is 0 Å². The summed E-state index contributed by atoms with van der Waals surface area (Å²) in [4.78, 5) is 0. The molecule has 0 aromatic heterocycles. The van der Waals surface area contributed by atoms with Crippen LogP contribution < -0.4 is 5.32 Å². The van der Waals surface area contributed by atoms with Crippen molar-refractivity contribution in [2.24, 2.45) is 11.8 Å². The van der Waals surface area contributed by atoms with Crippen molar-refractivity contribution in [3.63, 3.8) is 0 Å². The maximum Gasteiger partial charge on any atom is 0.00979 e. The Morgan fingerprint density at radius 2 is 1.79 bits per heavy atom. The van der Waals surface area contributed by atoms with Gasteiger partial charge in [0.15, 0.2) is 0 Å². The average molecular weight is 195 g/mol. The molecule has 0 bridgehead atoms. The summed E-state index contributed by atoms with van der Waals surface area (Å²) in [6, 6.07) is 0.866. The van der Waals surface area contributed by atoms with Crippen molar-refractivity contribution in [1.82, 2.24) is 5.32 Å². The molecule has 0 aliphatic heterocycles. The van der Waals surface area contributed by atoms with Gasteiger partial charge < -0.3 is 5.32 Å². The van der Waals surface area contributed by atoms with Crippen LogP contribution >= 0.6 is 0 Å². The summed E-state index contributed by atoms with van der Waals surface area (Å²) in [6.07, 6.45) is 11.7. The van der Waals surface area contributed by atoms with Crippen molar-refractivity contribution < 1.29 is 0 Å². The predicted octanol–water partition coefficient (Wildman–Crippen LogP) is 3.34. The second-order valence-electron chi connectivity index (χ2n) is 5.20. The fourth-order valence-electron chi connectivity index (χ4n) is 3.01. The second kappa shape index (κ2) is 5.16. The molecule has 0 radical (unpaired) electrons. The van der Waals surface area contributed by atoms with Gasteiger partial charge in [-0.1, -0.05) is 26.2 Å². The molecule has 14 heavy (non-hydrogen) atoms. The molecule has 2 saturated carbocycles. The smallest absolute Gasteiger partial charge is 0.00979 e. The quantitative estimate of drug-likeness (QED) is 0.678. The molecule has 2 rings (SSSR count). The van der Waals surface area contributed by atoms with Gasteiger partial charge in [-0.2, -0.15) is 0 Å². The third-order valence-electron chi connectivity index (χ3n) is 3.95. The molecule has 0 aromatic rings. The van der Waals surface area contributed by atoms with Crippen LogP contribution in [-0.4, -0.2) is 12.6 Å². The zero-order valence-corrected chi connectivity index (χ0v) is 9.60. The average Bonchev–Trinajstić information content (AvgIpc) is 3.01. The summed E-state index contributed by atoms with van der Waals surface area (Å²) in [6.45, 7) is 3.50. The zero-order chi connectivity index (χ0) is 9.80. The molecule has 2 atom stereocenters. The Hall–Kier alpha value is -0.0400. The maximum atomic E-state index is 3.78. The molecule has 2 aliphatic carbocycles. The minimum atomic E-state index is 0.866. The highest BCUT2D eigenvalue weighted by Crippen LogP contribution is 2.43. The van der Waals surface area contributed by atoms with Gasteiger partial charge in [0.2, 0.25) is 0 Å². The lowest BCUT2D eigenvalue weighted by Crippen LogP contribution is -2.37. The van der Waals surface area contributed by atoms with Crippen LogP contribution in [0, 0.1) is 11.8 Å². The Morgan fingerprint density at radius 1 is 1.00 bits per heavy atom. The minimum absolute atomic E-state index is 0.866. The lowest BCUT2D eigenvalue weighted by Gasteiger charge is -2.26. The molecule has 2 fully saturated rings. The number of nitrogens with one attached hydrogen (secondary N) is 1. The van der Waals surface area contributed by atoms with Crippen LogP contribution in [0.2, 0.25) is 0 Å².